The number of rotatable bonds is 5. The SMILES string of the molecule is CS(=O)(=O)N1CCC[C@H]1C(=O)OCc1noc(-c2ccsc2)n1. The smallest absolute Gasteiger partial charge is 0.324 e. The maximum Gasteiger partial charge on any atom is 0.324 e. The summed E-state index contributed by atoms with van der Waals surface area (Å²) in [5, 5.41) is 7.50. The van der Waals surface area contributed by atoms with Crippen LogP contribution in [0.2, 0.25) is 0 Å². The van der Waals surface area contributed by atoms with Crippen LogP contribution in [0.5, 0.6) is 0 Å². The Balaban J connectivity index is 1.61. The highest BCUT2D eigenvalue weighted by atomic mass is 32.2. The van der Waals surface area contributed by atoms with E-state index in [1.165, 1.54) is 15.6 Å². The van der Waals surface area contributed by atoms with Crippen LogP contribution in [-0.4, -0.2) is 47.7 Å². The van der Waals surface area contributed by atoms with Gasteiger partial charge in [-0.25, -0.2) is 8.42 Å². The maximum atomic E-state index is 12.1. The molecule has 0 aromatic carbocycles. The number of sulfonamides is 1. The van der Waals surface area contributed by atoms with Crippen molar-refractivity contribution < 1.29 is 22.5 Å². The van der Waals surface area contributed by atoms with Crippen molar-refractivity contribution in [2.24, 2.45) is 0 Å². The van der Waals surface area contributed by atoms with Gasteiger partial charge in [0.2, 0.25) is 15.8 Å². The van der Waals surface area contributed by atoms with Gasteiger partial charge in [0, 0.05) is 11.9 Å². The second kappa shape index (κ2) is 6.38. The number of carbonyl (C=O) groups excluding carboxylic acids is 1. The second-order valence-electron chi connectivity index (χ2n) is 5.17. The molecule has 1 aliphatic heterocycles. The molecule has 0 aliphatic carbocycles. The van der Waals surface area contributed by atoms with E-state index in [0.29, 0.717) is 25.3 Å². The van der Waals surface area contributed by atoms with E-state index in [4.69, 9.17) is 9.26 Å². The first-order valence-corrected chi connectivity index (χ1v) is 9.73. The summed E-state index contributed by atoms with van der Waals surface area (Å²) in [5.74, 6) is 0.00851. The molecule has 10 heteroatoms. The molecule has 1 fully saturated rings. The van der Waals surface area contributed by atoms with Crippen molar-refractivity contribution in [2.45, 2.75) is 25.5 Å². The molecule has 0 spiro atoms. The summed E-state index contributed by atoms with van der Waals surface area (Å²) in [4.78, 5) is 16.2. The average Bonchev–Trinajstić information content (AvgIpc) is 3.22. The summed E-state index contributed by atoms with van der Waals surface area (Å²) in [6.07, 6.45) is 2.18. The van der Waals surface area contributed by atoms with Crippen LogP contribution in [0.25, 0.3) is 11.5 Å². The van der Waals surface area contributed by atoms with Crippen molar-refractivity contribution in [3.05, 3.63) is 22.7 Å². The fraction of sp³-hybridized carbons (Fsp3) is 0.462. The molecule has 2 aromatic heterocycles. The predicted octanol–water partition coefficient (Wildman–Crippen LogP) is 1.27. The van der Waals surface area contributed by atoms with E-state index in [0.717, 1.165) is 11.8 Å². The minimum atomic E-state index is -3.42. The fourth-order valence-corrected chi connectivity index (χ4v) is 4.16. The molecule has 0 unspecified atom stereocenters. The normalized spacial score (nSPS) is 19.1. The molecule has 3 rings (SSSR count). The summed E-state index contributed by atoms with van der Waals surface area (Å²) < 4.78 is 34.7. The van der Waals surface area contributed by atoms with Crippen molar-refractivity contribution in [3.63, 3.8) is 0 Å². The number of hydrogen-bond donors (Lipinski definition) is 0. The molecule has 0 radical (unpaired) electrons. The Labute approximate surface area is 137 Å². The van der Waals surface area contributed by atoms with Crippen LogP contribution in [0.4, 0.5) is 0 Å². The average molecular weight is 357 g/mol. The van der Waals surface area contributed by atoms with E-state index >= 15 is 0 Å². The fourth-order valence-electron chi connectivity index (χ4n) is 2.42. The van der Waals surface area contributed by atoms with Crippen LogP contribution < -0.4 is 0 Å². The minimum Gasteiger partial charge on any atom is -0.456 e. The Morgan fingerprint density at radius 3 is 3.09 bits per heavy atom. The molecular weight excluding hydrogens is 342 g/mol. The third-order valence-corrected chi connectivity index (χ3v) is 5.45. The lowest BCUT2D eigenvalue weighted by atomic mass is 10.2. The largest absolute Gasteiger partial charge is 0.456 e. The van der Waals surface area contributed by atoms with Crippen LogP contribution >= 0.6 is 11.3 Å². The van der Waals surface area contributed by atoms with Crippen LogP contribution in [0.3, 0.4) is 0 Å². The number of hydrogen-bond acceptors (Lipinski definition) is 8. The van der Waals surface area contributed by atoms with Gasteiger partial charge in [0.25, 0.3) is 5.89 Å². The van der Waals surface area contributed by atoms with E-state index in [2.05, 4.69) is 10.1 Å². The molecule has 2 aromatic rings. The number of carbonyl (C=O) groups is 1. The van der Waals surface area contributed by atoms with E-state index in [9.17, 15) is 13.2 Å². The van der Waals surface area contributed by atoms with Crippen LogP contribution in [0.15, 0.2) is 21.3 Å². The lowest BCUT2D eigenvalue weighted by Gasteiger charge is -2.20. The van der Waals surface area contributed by atoms with Crippen molar-refractivity contribution in [2.75, 3.05) is 12.8 Å². The van der Waals surface area contributed by atoms with E-state index in [-0.39, 0.29) is 12.4 Å². The van der Waals surface area contributed by atoms with Gasteiger partial charge in [-0.2, -0.15) is 20.6 Å². The van der Waals surface area contributed by atoms with E-state index in [1.54, 1.807) is 0 Å². The molecule has 1 aliphatic rings. The minimum absolute atomic E-state index is 0.152. The summed E-state index contributed by atoms with van der Waals surface area (Å²) >= 11 is 1.51. The summed E-state index contributed by atoms with van der Waals surface area (Å²) in [7, 11) is -3.42. The summed E-state index contributed by atoms with van der Waals surface area (Å²) in [6.45, 7) is 0.184. The number of aromatic nitrogens is 2. The molecule has 1 saturated heterocycles. The van der Waals surface area contributed by atoms with Crippen molar-refractivity contribution in [1.82, 2.24) is 14.4 Å². The molecule has 23 heavy (non-hydrogen) atoms. The Morgan fingerprint density at radius 2 is 2.39 bits per heavy atom. The summed E-state index contributed by atoms with van der Waals surface area (Å²) in [5.41, 5.74) is 0.805. The van der Waals surface area contributed by atoms with Gasteiger partial charge in [-0.15, -0.1) is 0 Å². The molecule has 3 heterocycles. The lowest BCUT2D eigenvalue weighted by molar-refractivity contribution is -0.149. The van der Waals surface area contributed by atoms with E-state index in [1.807, 2.05) is 16.8 Å². The lowest BCUT2D eigenvalue weighted by Crippen LogP contribution is -2.40. The van der Waals surface area contributed by atoms with Gasteiger partial charge in [0.15, 0.2) is 6.61 Å². The molecule has 8 nitrogen and oxygen atoms in total. The van der Waals surface area contributed by atoms with Crippen molar-refractivity contribution >= 4 is 27.3 Å². The zero-order chi connectivity index (χ0) is 16.4. The van der Waals surface area contributed by atoms with Gasteiger partial charge in [-0.3, -0.25) is 4.79 Å². The van der Waals surface area contributed by atoms with Crippen molar-refractivity contribution in [3.8, 4) is 11.5 Å². The predicted molar refractivity (Wildman–Crippen MR) is 82.0 cm³/mol. The Hall–Kier alpha value is -1.78. The second-order valence-corrected chi connectivity index (χ2v) is 7.88. The first-order chi connectivity index (χ1) is 10.9. The molecule has 0 N–H and O–H groups in total. The topological polar surface area (TPSA) is 103 Å². The molecule has 124 valence electrons. The van der Waals surface area contributed by atoms with Crippen LogP contribution in [-0.2, 0) is 26.2 Å². The van der Waals surface area contributed by atoms with Gasteiger partial charge < -0.3 is 9.26 Å². The van der Waals surface area contributed by atoms with Crippen molar-refractivity contribution in [1.29, 1.82) is 0 Å². The zero-order valence-electron chi connectivity index (χ0n) is 12.3. The number of thiophene rings is 1. The molecule has 0 saturated carbocycles. The molecular formula is C13H15N3O5S2. The standard InChI is InChI=1S/C13H15N3O5S2/c1-23(18,19)16-5-2-3-10(16)13(17)20-7-11-14-12(21-15-11)9-4-6-22-8-9/h4,6,8,10H,2-3,5,7H2,1H3/t10-/m0/s1. The first-order valence-electron chi connectivity index (χ1n) is 6.94. The Morgan fingerprint density at radius 1 is 1.57 bits per heavy atom. The zero-order valence-corrected chi connectivity index (χ0v) is 14.0. The number of esters is 1. The molecule has 0 bridgehead atoms. The highest BCUT2D eigenvalue weighted by Crippen LogP contribution is 2.22. The number of nitrogens with zero attached hydrogens (tertiary/aromatic N) is 3. The quantitative estimate of drug-likeness (QED) is 0.742. The Bertz CT molecular complexity index is 784. The maximum absolute atomic E-state index is 12.1. The summed E-state index contributed by atoms with van der Waals surface area (Å²) in [6, 6.07) is 1.07. The van der Waals surface area contributed by atoms with Gasteiger partial charge in [0.05, 0.1) is 11.8 Å². The van der Waals surface area contributed by atoms with Gasteiger partial charge in [-0.1, -0.05) is 5.16 Å². The monoisotopic (exact) mass is 357 g/mol. The van der Waals surface area contributed by atoms with E-state index < -0.39 is 22.0 Å². The Kier molecular flexibility index (Phi) is 4.46. The molecule has 1 atom stereocenters. The third kappa shape index (κ3) is 3.59. The highest BCUT2D eigenvalue weighted by Gasteiger charge is 2.37. The van der Waals surface area contributed by atoms with Gasteiger partial charge in [0.1, 0.15) is 6.04 Å². The highest BCUT2D eigenvalue weighted by molar-refractivity contribution is 7.88. The number of ether oxygens (including phenoxy) is 1. The molecule has 0 amide bonds. The third-order valence-electron chi connectivity index (χ3n) is 3.48. The van der Waals surface area contributed by atoms with Gasteiger partial charge >= 0.3 is 5.97 Å². The van der Waals surface area contributed by atoms with Crippen LogP contribution in [0.1, 0.15) is 18.7 Å². The first kappa shape index (κ1) is 16.1. The van der Waals surface area contributed by atoms with Gasteiger partial charge in [-0.05, 0) is 24.3 Å². The van der Waals surface area contributed by atoms with Crippen LogP contribution in [0, 0.1) is 0 Å².